The molecule has 0 radical (unpaired) electrons. The summed E-state index contributed by atoms with van der Waals surface area (Å²) >= 11 is 0. The molecule has 180 valence electrons. The fourth-order valence-corrected chi connectivity index (χ4v) is 4.04. The molecule has 8 heteroatoms. The number of hydrogen-bond acceptors (Lipinski definition) is 7. The van der Waals surface area contributed by atoms with Crippen molar-refractivity contribution < 1.29 is 9.53 Å². The van der Waals surface area contributed by atoms with Crippen LogP contribution in [0.2, 0.25) is 0 Å². The molecule has 0 saturated carbocycles. The third-order valence-corrected chi connectivity index (χ3v) is 6.70. The van der Waals surface area contributed by atoms with Crippen molar-refractivity contribution in [2.24, 2.45) is 5.92 Å². The van der Waals surface area contributed by atoms with Gasteiger partial charge in [0.05, 0.1) is 12.8 Å². The molecular weight excluding hydrogens is 428 g/mol. The average molecular weight is 463 g/mol. The largest absolute Gasteiger partial charge is 0.496 e. The molecule has 1 amide bonds. The minimum atomic E-state index is -0.178. The fourth-order valence-electron chi connectivity index (χ4n) is 4.04. The average Bonchev–Trinajstić information content (AvgIpc) is 2.90. The molecule has 0 aliphatic heterocycles. The molecule has 0 spiro atoms. The summed E-state index contributed by atoms with van der Waals surface area (Å²) in [6.07, 6.45) is 4.27. The number of carbonyl (C=O) groups is 1. The number of rotatable bonds is 10. The first-order valence-corrected chi connectivity index (χ1v) is 11.5. The topological polar surface area (TPSA) is 101 Å². The molecule has 0 fully saturated rings. The van der Waals surface area contributed by atoms with Gasteiger partial charge in [0.15, 0.2) is 0 Å². The van der Waals surface area contributed by atoms with Crippen molar-refractivity contribution in [3.05, 3.63) is 60.0 Å². The van der Waals surface area contributed by atoms with Crippen molar-refractivity contribution in [3.8, 4) is 17.0 Å². The summed E-state index contributed by atoms with van der Waals surface area (Å²) in [6, 6.07) is 11.5. The summed E-state index contributed by atoms with van der Waals surface area (Å²) in [4.78, 5) is 25.2. The summed E-state index contributed by atoms with van der Waals surface area (Å²) < 4.78 is 5.69. The van der Waals surface area contributed by atoms with Crippen LogP contribution in [0.3, 0.4) is 0 Å². The Morgan fingerprint density at radius 1 is 1.09 bits per heavy atom. The highest BCUT2D eigenvalue weighted by Gasteiger charge is 2.34. The minimum absolute atomic E-state index is 0.131. The number of amides is 1. The van der Waals surface area contributed by atoms with Gasteiger partial charge in [0.2, 0.25) is 0 Å². The van der Waals surface area contributed by atoms with E-state index in [-0.39, 0.29) is 17.2 Å². The van der Waals surface area contributed by atoms with E-state index in [2.05, 4.69) is 51.7 Å². The molecule has 1 unspecified atom stereocenters. The van der Waals surface area contributed by atoms with Gasteiger partial charge >= 0.3 is 0 Å². The van der Waals surface area contributed by atoms with Crippen LogP contribution in [0.4, 0.5) is 11.6 Å². The number of ether oxygens (including phenoxy) is 1. The Hall–Kier alpha value is -3.68. The Bertz CT molecular complexity index is 1120. The number of aromatic nitrogens is 3. The number of benzene rings is 1. The Morgan fingerprint density at radius 2 is 1.88 bits per heavy atom. The molecule has 3 N–H and O–H groups in total. The van der Waals surface area contributed by atoms with Gasteiger partial charge in [-0.05, 0) is 36.6 Å². The van der Waals surface area contributed by atoms with Crippen molar-refractivity contribution in [1.82, 2.24) is 20.3 Å². The third-order valence-electron chi connectivity index (χ3n) is 6.70. The van der Waals surface area contributed by atoms with E-state index in [1.807, 2.05) is 43.4 Å². The van der Waals surface area contributed by atoms with Crippen LogP contribution in [-0.2, 0) is 5.41 Å². The standard InChI is InChI=1S/C26H34N6O2/c1-7-26(3,20-10-8-18(25(33)28-5)12-22(20)34-6)17(2)14-29-24-13-21(31-16-32-24)19-9-11-23(27-4)30-15-19/h8-13,15-17H,7,14H2,1-6H3,(H,27,30)(H,28,33)(H,29,31,32)/t17?,26-/m1/s1. The van der Waals surface area contributed by atoms with E-state index in [1.165, 1.54) is 0 Å². The second-order valence-corrected chi connectivity index (χ2v) is 8.52. The SMILES string of the molecule is CC[C@@](C)(c1ccc(C(=O)NC)cc1OC)C(C)CNc1cc(-c2ccc(NC)nc2)ncn1. The summed E-state index contributed by atoms with van der Waals surface area (Å²) in [7, 11) is 5.11. The van der Waals surface area contributed by atoms with E-state index in [0.717, 1.165) is 40.6 Å². The number of hydrogen-bond donors (Lipinski definition) is 3. The summed E-state index contributed by atoms with van der Waals surface area (Å²) in [5.74, 6) is 2.40. The van der Waals surface area contributed by atoms with Crippen molar-refractivity contribution >= 4 is 17.5 Å². The van der Waals surface area contributed by atoms with Crippen molar-refractivity contribution in [3.63, 3.8) is 0 Å². The molecule has 3 rings (SSSR count). The molecule has 8 nitrogen and oxygen atoms in total. The molecule has 2 aromatic heterocycles. The van der Waals surface area contributed by atoms with Crippen LogP contribution >= 0.6 is 0 Å². The second-order valence-electron chi connectivity index (χ2n) is 8.52. The molecule has 0 aliphatic rings. The molecule has 3 aromatic rings. The molecule has 2 atom stereocenters. The van der Waals surface area contributed by atoms with Crippen LogP contribution in [-0.4, -0.2) is 48.6 Å². The smallest absolute Gasteiger partial charge is 0.251 e. The molecule has 0 bridgehead atoms. The van der Waals surface area contributed by atoms with Crippen LogP contribution in [0.15, 0.2) is 48.9 Å². The first kappa shape index (κ1) is 25.0. The van der Waals surface area contributed by atoms with Gasteiger partial charge in [-0.2, -0.15) is 0 Å². The Balaban J connectivity index is 1.79. The zero-order chi connectivity index (χ0) is 24.7. The van der Waals surface area contributed by atoms with Crippen LogP contribution in [0.5, 0.6) is 5.75 Å². The molecule has 2 heterocycles. The number of methoxy groups -OCH3 is 1. The summed E-state index contributed by atoms with van der Waals surface area (Å²) in [5.41, 5.74) is 3.22. The van der Waals surface area contributed by atoms with E-state index in [1.54, 1.807) is 26.7 Å². The first-order chi connectivity index (χ1) is 16.4. The maximum absolute atomic E-state index is 12.1. The molecule has 0 saturated heterocycles. The highest BCUT2D eigenvalue weighted by Crippen LogP contribution is 2.41. The van der Waals surface area contributed by atoms with Crippen molar-refractivity contribution in [1.29, 1.82) is 0 Å². The van der Waals surface area contributed by atoms with Crippen LogP contribution in [0, 0.1) is 5.92 Å². The lowest BCUT2D eigenvalue weighted by atomic mass is 9.70. The van der Waals surface area contributed by atoms with Gasteiger partial charge in [0.25, 0.3) is 5.91 Å². The van der Waals surface area contributed by atoms with E-state index < -0.39 is 0 Å². The van der Waals surface area contributed by atoms with E-state index >= 15 is 0 Å². The lowest BCUT2D eigenvalue weighted by molar-refractivity contribution is 0.0962. The quantitative estimate of drug-likeness (QED) is 0.411. The van der Waals surface area contributed by atoms with E-state index in [9.17, 15) is 4.79 Å². The van der Waals surface area contributed by atoms with Gasteiger partial charge in [-0.3, -0.25) is 4.79 Å². The lowest BCUT2D eigenvalue weighted by Gasteiger charge is -2.37. The monoisotopic (exact) mass is 462 g/mol. The molecular formula is C26H34N6O2. The van der Waals surface area contributed by atoms with Crippen molar-refractivity contribution in [2.45, 2.75) is 32.6 Å². The zero-order valence-corrected chi connectivity index (χ0v) is 20.8. The highest BCUT2D eigenvalue weighted by molar-refractivity contribution is 5.94. The number of anilines is 2. The first-order valence-electron chi connectivity index (χ1n) is 11.5. The number of nitrogens with one attached hydrogen (secondary N) is 3. The fraction of sp³-hybridized carbons (Fsp3) is 0.385. The number of carbonyl (C=O) groups excluding carboxylic acids is 1. The zero-order valence-electron chi connectivity index (χ0n) is 20.8. The number of pyridine rings is 1. The highest BCUT2D eigenvalue weighted by atomic mass is 16.5. The van der Waals surface area contributed by atoms with Gasteiger partial charge in [-0.25, -0.2) is 15.0 Å². The molecule has 34 heavy (non-hydrogen) atoms. The van der Waals surface area contributed by atoms with Gasteiger partial charge in [-0.15, -0.1) is 0 Å². The van der Waals surface area contributed by atoms with Crippen molar-refractivity contribution in [2.75, 3.05) is 38.4 Å². The molecule has 0 aliphatic carbocycles. The van der Waals surface area contributed by atoms with Gasteiger partial charge in [0, 0.05) is 55.0 Å². The summed E-state index contributed by atoms with van der Waals surface area (Å²) in [5, 5.41) is 9.16. The maximum Gasteiger partial charge on any atom is 0.251 e. The lowest BCUT2D eigenvalue weighted by Crippen LogP contribution is -2.35. The molecule has 1 aromatic carbocycles. The van der Waals surface area contributed by atoms with Crippen LogP contribution in [0.25, 0.3) is 11.3 Å². The third kappa shape index (κ3) is 5.27. The minimum Gasteiger partial charge on any atom is -0.496 e. The number of nitrogens with zero attached hydrogens (tertiary/aromatic N) is 3. The normalized spacial score (nSPS) is 13.5. The summed E-state index contributed by atoms with van der Waals surface area (Å²) in [6.45, 7) is 7.33. The van der Waals surface area contributed by atoms with Gasteiger partial charge in [0.1, 0.15) is 23.7 Å². The van der Waals surface area contributed by atoms with E-state index in [4.69, 9.17) is 4.74 Å². The maximum atomic E-state index is 12.1. The Morgan fingerprint density at radius 3 is 2.50 bits per heavy atom. The van der Waals surface area contributed by atoms with Gasteiger partial charge < -0.3 is 20.7 Å². The Labute approximate surface area is 201 Å². The van der Waals surface area contributed by atoms with Crippen LogP contribution in [0.1, 0.15) is 43.1 Å². The predicted octanol–water partition coefficient (Wildman–Crippen LogP) is 4.36. The Kier molecular flexibility index (Phi) is 8.04. The van der Waals surface area contributed by atoms with Gasteiger partial charge in [-0.1, -0.05) is 26.8 Å². The van der Waals surface area contributed by atoms with E-state index in [0.29, 0.717) is 12.1 Å². The van der Waals surface area contributed by atoms with Crippen LogP contribution < -0.4 is 20.7 Å². The predicted molar refractivity (Wildman–Crippen MR) is 136 cm³/mol. The second kappa shape index (κ2) is 11.0.